The molecule has 0 amide bonds. The molecule has 1 N–H and O–H groups in total. The fourth-order valence-corrected chi connectivity index (χ4v) is 6.68. The smallest absolute Gasteiger partial charge is 0.330 e. The molecule has 208 valence electrons. The largest absolute Gasteiger partial charge is 0.346 e. The second-order valence-electron chi connectivity index (χ2n) is 10.0. The highest BCUT2D eigenvalue weighted by Crippen LogP contribution is 2.50. The van der Waals surface area contributed by atoms with Gasteiger partial charge in [-0.05, 0) is 27.7 Å². The lowest BCUT2D eigenvalue weighted by atomic mass is 10.1. The van der Waals surface area contributed by atoms with Crippen molar-refractivity contribution in [2.75, 3.05) is 13.2 Å². The molecular weight excluding hydrogens is 499 g/mol. The molecule has 2 aliphatic heterocycles. The molecule has 37 heavy (non-hydrogen) atoms. The Kier molecular flexibility index (Phi) is 10.9. The van der Waals surface area contributed by atoms with E-state index in [0.717, 1.165) is 12.8 Å². The third-order valence-electron chi connectivity index (χ3n) is 6.39. The molecule has 1 aromatic heterocycles. The predicted molar refractivity (Wildman–Crippen MR) is 139 cm³/mol. The third-order valence-corrected chi connectivity index (χ3v) is 8.46. The quantitative estimate of drug-likeness (QED) is 0.277. The topological polar surface area (TPSA) is 128 Å². The summed E-state index contributed by atoms with van der Waals surface area (Å²) in [5.41, 5.74) is -1.05. The fourth-order valence-electron chi connectivity index (χ4n) is 5.06. The number of aromatic amines is 1. The summed E-state index contributed by atoms with van der Waals surface area (Å²) in [6.07, 6.45) is 2.54. The summed E-state index contributed by atoms with van der Waals surface area (Å²) in [6, 6.07) is 3.71. The van der Waals surface area contributed by atoms with E-state index in [1.54, 1.807) is 0 Å². The number of hydrogen-bond donors (Lipinski definition) is 1. The van der Waals surface area contributed by atoms with Gasteiger partial charge in [0.25, 0.3) is 14.1 Å². The van der Waals surface area contributed by atoms with Crippen molar-refractivity contribution in [2.24, 2.45) is 0 Å². The molecule has 3 rings (SSSR count). The van der Waals surface area contributed by atoms with Crippen molar-refractivity contribution < 1.29 is 23.3 Å². The molecule has 0 spiro atoms. The third kappa shape index (κ3) is 7.07. The standard InChI is InChI=1S/C25H41N4O7P/c1-7-11-25(12-8-2)35-21-19(16-33-37(32-15-9-13-26)29(17(3)4)18(5)6)34-23(22(21)36-25)28-14-10-20(30)27-24(28)31/h10,14,17-19,21-23H,7-9,11-12,15-16H2,1-6H3,(H,27,30,31). The van der Waals surface area contributed by atoms with Crippen LogP contribution in [-0.4, -0.2) is 63.6 Å². The SMILES string of the molecule is CCCC1(CCC)OC2C(COP(OCCC#N)N(C(C)C)C(C)C)OC(n3ccc(=O)[nH]c3=O)C2O1. The molecule has 0 aliphatic carbocycles. The predicted octanol–water partition coefficient (Wildman–Crippen LogP) is 3.81. The Labute approximate surface area is 220 Å². The van der Waals surface area contributed by atoms with Crippen molar-refractivity contribution in [2.45, 2.75) is 116 Å². The average Bonchev–Trinajstić information content (AvgIpc) is 3.33. The highest BCUT2D eigenvalue weighted by atomic mass is 31.2. The number of nitrogens with zero attached hydrogens (tertiary/aromatic N) is 3. The Morgan fingerprint density at radius 3 is 2.35 bits per heavy atom. The lowest BCUT2D eigenvalue weighted by Crippen LogP contribution is -2.38. The van der Waals surface area contributed by atoms with E-state index in [1.807, 2.05) is 0 Å². The summed E-state index contributed by atoms with van der Waals surface area (Å²) in [6.45, 7) is 12.9. The van der Waals surface area contributed by atoms with Crippen LogP contribution in [0.3, 0.4) is 0 Å². The van der Waals surface area contributed by atoms with Gasteiger partial charge in [0.1, 0.15) is 18.3 Å². The van der Waals surface area contributed by atoms with E-state index in [9.17, 15) is 9.59 Å². The normalized spacial score (nSPS) is 25.6. The van der Waals surface area contributed by atoms with Gasteiger partial charge in [0.05, 0.1) is 25.7 Å². The van der Waals surface area contributed by atoms with Crippen LogP contribution in [0.2, 0.25) is 0 Å². The minimum Gasteiger partial charge on any atom is -0.346 e. The minimum atomic E-state index is -1.48. The summed E-state index contributed by atoms with van der Waals surface area (Å²) in [4.78, 5) is 26.6. The van der Waals surface area contributed by atoms with Crippen molar-refractivity contribution in [3.8, 4) is 6.07 Å². The van der Waals surface area contributed by atoms with Crippen molar-refractivity contribution >= 4 is 8.53 Å². The van der Waals surface area contributed by atoms with E-state index in [-0.39, 0.29) is 31.7 Å². The molecule has 11 nitrogen and oxygen atoms in total. The number of aromatic nitrogens is 2. The first-order valence-corrected chi connectivity index (χ1v) is 14.3. The van der Waals surface area contributed by atoms with Crippen LogP contribution < -0.4 is 11.2 Å². The fraction of sp³-hybridized carbons (Fsp3) is 0.800. The van der Waals surface area contributed by atoms with E-state index in [4.69, 9.17) is 28.5 Å². The summed E-state index contributed by atoms with van der Waals surface area (Å²) >= 11 is 0. The zero-order valence-electron chi connectivity index (χ0n) is 22.7. The number of ether oxygens (including phenoxy) is 3. The maximum absolute atomic E-state index is 12.6. The van der Waals surface area contributed by atoms with Gasteiger partial charge in [-0.15, -0.1) is 0 Å². The first-order chi connectivity index (χ1) is 17.7. The Hall–Kier alpha value is -1.64. The Morgan fingerprint density at radius 2 is 1.78 bits per heavy atom. The molecule has 0 bridgehead atoms. The van der Waals surface area contributed by atoms with E-state index in [2.05, 4.69) is 57.3 Å². The molecule has 2 fully saturated rings. The number of rotatable bonds is 14. The number of hydrogen-bond acceptors (Lipinski definition) is 9. The van der Waals surface area contributed by atoms with Gasteiger partial charge in [-0.25, -0.2) is 9.46 Å². The van der Waals surface area contributed by atoms with Gasteiger partial charge in [0.15, 0.2) is 12.0 Å². The van der Waals surface area contributed by atoms with Crippen LogP contribution in [0.15, 0.2) is 21.9 Å². The average molecular weight is 541 g/mol. The van der Waals surface area contributed by atoms with Crippen LogP contribution in [0.25, 0.3) is 0 Å². The molecule has 0 radical (unpaired) electrons. The lowest BCUT2D eigenvalue weighted by molar-refractivity contribution is -0.226. The first-order valence-electron chi connectivity index (χ1n) is 13.2. The molecule has 5 atom stereocenters. The summed E-state index contributed by atoms with van der Waals surface area (Å²) in [5, 5.41) is 8.98. The molecular formula is C25H41N4O7P. The Balaban J connectivity index is 1.87. The van der Waals surface area contributed by atoms with Crippen molar-refractivity contribution in [1.82, 2.24) is 14.2 Å². The van der Waals surface area contributed by atoms with Gasteiger partial charge in [-0.2, -0.15) is 5.26 Å². The Bertz CT molecular complexity index is 1010. The van der Waals surface area contributed by atoms with Crippen LogP contribution in [-0.2, 0) is 23.3 Å². The second kappa shape index (κ2) is 13.4. The van der Waals surface area contributed by atoms with Gasteiger partial charge < -0.3 is 23.3 Å². The molecule has 0 aromatic carbocycles. The second-order valence-corrected chi connectivity index (χ2v) is 11.5. The number of H-pyrrole nitrogens is 1. The van der Waals surface area contributed by atoms with Crippen LogP contribution in [0.4, 0.5) is 0 Å². The molecule has 3 heterocycles. The van der Waals surface area contributed by atoms with E-state index >= 15 is 0 Å². The van der Waals surface area contributed by atoms with Gasteiger partial charge in [-0.1, -0.05) is 26.7 Å². The van der Waals surface area contributed by atoms with Gasteiger partial charge in [-0.3, -0.25) is 14.3 Å². The molecule has 2 aliphatic rings. The minimum absolute atomic E-state index is 0.154. The lowest BCUT2D eigenvalue weighted by Gasteiger charge is -2.36. The van der Waals surface area contributed by atoms with Crippen molar-refractivity contribution in [3.05, 3.63) is 33.1 Å². The van der Waals surface area contributed by atoms with Crippen LogP contribution in [0.5, 0.6) is 0 Å². The van der Waals surface area contributed by atoms with Crippen LogP contribution in [0.1, 0.15) is 79.9 Å². The first kappa shape index (κ1) is 29.9. The number of fused-ring (bicyclic) bond motifs is 1. The maximum atomic E-state index is 12.6. The van der Waals surface area contributed by atoms with Gasteiger partial charge in [0, 0.05) is 37.2 Å². The number of nitriles is 1. The van der Waals surface area contributed by atoms with E-state index in [1.165, 1.54) is 16.8 Å². The highest BCUT2D eigenvalue weighted by molar-refractivity contribution is 7.44. The maximum Gasteiger partial charge on any atom is 0.330 e. The molecule has 12 heteroatoms. The van der Waals surface area contributed by atoms with Crippen molar-refractivity contribution in [1.29, 1.82) is 5.26 Å². The Morgan fingerprint density at radius 1 is 1.14 bits per heavy atom. The molecule has 1 aromatic rings. The van der Waals surface area contributed by atoms with E-state index < -0.39 is 50.1 Å². The highest BCUT2D eigenvalue weighted by Gasteiger charge is 2.58. The van der Waals surface area contributed by atoms with Crippen LogP contribution in [0, 0.1) is 11.3 Å². The van der Waals surface area contributed by atoms with Crippen molar-refractivity contribution in [3.63, 3.8) is 0 Å². The summed E-state index contributed by atoms with van der Waals surface area (Å²) in [5.74, 6) is -0.763. The zero-order chi connectivity index (χ0) is 27.2. The summed E-state index contributed by atoms with van der Waals surface area (Å²) in [7, 11) is -1.48. The zero-order valence-corrected chi connectivity index (χ0v) is 23.6. The van der Waals surface area contributed by atoms with E-state index in [0.29, 0.717) is 12.8 Å². The molecule has 2 saturated heterocycles. The molecule has 5 unspecified atom stereocenters. The molecule has 0 saturated carbocycles. The monoisotopic (exact) mass is 540 g/mol. The van der Waals surface area contributed by atoms with Crippen LogP contribution >= 0.6 is 8.53 Å². The van der Waals surface area contributed by atoms with Gasteiger partial charge >= 0.3 is 5.69 Å². The number of nitrogens with one attached hydrogen (secondary N) is 1. The summed E-state index contributed by atoms with van der Waals surface area (Å²) < 4.78 is 35.2. The van der Waals surface area contributed by atoms with Gasteiger partial charge in [0.2, 0.25) is 0 Å².